The van der Waals surface area contributed by atoms with Gasteiger partial charge in [0.15, 0.2) is 5.69 Å². The summed E-state index contributed by atoms with van der Waals surface area (Å²) in [6.07, 6.45) is -3.68. The largest absolute Gasteiger partial charge is 0.436 e. The maximum atomic E-state index is 13.2. The second-order valence-corrected chi connectivity index (χ2v) is 8.19. The summed E-state index contributed by atoms with van der Waals surface area (Å²) in [6.45, 7) is 4.43. The van der Waals surface area contributed by atoms with Gasteiger partial charge in [-0.05, 0) is 37.1 Å². The Morgan fingerprint density at radius 2 is 1.73 bits per heavy atom. The van der Waals surface area contributed by atoms with Crippen LogP contribution in [-0.2, 0) is 19.1 Å². The molecule has 1 atom stereocenters. The number of nitrogens with zero attached hydrogens (tertiary/aromatic N) is 4. The summed E-state index contributed by atoms with van der Waals surface area (Å²) < 4.78 is 40.9. The molecular formula is C20H25Cl2F3N4O. The van der Waals surface area contributed by atoms with E-state index in [0.717, 1.165) is 12.1 Å². The Kier molecular flexibility index (Phi) is 7.55. The van der Waals surface area contributed by atoms with Crippen molar-refractivity contribution in [1.82, 2.24) is 14.7 Å². The Morgan fingerprint density at radius 3 is 2.30 bits per heavy atom. The van der Waals surface area contributed by atoms with E-state index in [9.17, 15) is 18.3 Å². The summed E-state index contributed by atoms with van der Waals surface area (Å²) in [5.41, 5.74) is 0.281. The molecule has 10 heteroatoms. The van der Waals surface area contributed by atoms with Gasteiger partial charge in [0.05, 0.1) is 17.3 Å². The van der Waals surface area contributed by atoms with Crippen molar-refractivity contribution in [3.05, 3.63) is 45.7 Å². The van der Waals surface area contributed by atoms with Gasteiger partial charge >= 0.3 is 6.18 Å². The maximum absolute atomic E-state index is 13.2. The van der Waals surface area contributed by atoms with Gasteiger partial charge in [0.25, 0.3) is 0 Å². The van der Waals surface area contributed by atoms with E-state index >= 15 is 0 Å². The zero-order chi connectivity index (χ0) is 21.9. The molecule has 1 N–H and O–H groups in total. The van der Waals surface area contributed by atoms with Gasteiger partial charge in [0, 0.05) is 36.9 Å². The van der Waals surface area contributed by atoms with Crippen molar-refractivity contribution in [2.24, 2.45) is 0 Å². The molecule has 1 aromatic carbocycles. The van der Waals surface area contributed by atoms with Gasteiger partial charge in [-0.1, -0.05) is 36.5 Å². The fourth-order valence-corrected chi connectivity index (χ4v) is 4.05. The number of hydrogen-bond acceptors (Lipinski definition) is 4. The highest BCUT2D eigenvalue weighted by atomic mass is 35.5. The van der Waals surface area contributed by atoms with Crippen LogP contribution in [0, 0.1) is 0 Å². The molecule has 166 valence electrons. The Bertz CT molecular complexity index is 834. The van der Waals surface area contributed by atoms with Gasteiger partial charge in [0.2, 0.25) is 0 Å². The number of aliphatic hydroxyl groups excluding tert-OH is 1. The summed E-state index contributed by atoms with van der Waals surface area (Å²) in [7, 11) is 0. The molecule has 30 heavy (non-hydrogen) atoms. The van der Waals surface area contributed by atoms with Crippen molar-refractivity contribution in [3.8, 4) is 0 Å². The van der Waals surface area contributed by atoms with Crippen LogP contribution in [-0.4, -0.2) is 52.2 Å². The van der Waals surface area contributed by atoms with Gasteiger partial charge in [-0.2, -0.15) is 18.3 Å². The third kappa shape index (κ3) is 5.41. The van der Waals surface area contributed by atoms with Gasteiger partial charge in [0.1, 0.15) is 6.23 Å². The van der Waals surface area contributed by atoms with Crippen molar-refractivity contribution in [2.75, 3.05) is 31.1 Å². The van der Waals surface area contributed by atoms with Crippen LogP contribution in [0.5, 0.6) is 0 Å². The van der Waals surface area contributed by atoms with Crippen molar-refractivity contribution in [3.63, 3.8) is 0 Å². The molecule has 1 aliphatic heterocycles. The standard InChI is InChI=1S/C20H25Cl2F3N4O/c1-2-3-4-16-18(22)19(20(23,24)25)26-29(16)13-17(30)28-11-9-27(10-12-28)15-7-5-14(21)6-8-15/h5-8,17,30H,2-4,9-13H2,1H3. The molecule has 0 bridgehead atoms. The van der Waals surface area contributed by atoms with Crippen molar-refractivity contribution >= 4 is 28.9 Å². The minimum absolute atomic E-state index is 0.0597. The summed E-state index contributed by atoms with van der Waals surface area (Å²) in [5.74, 6) is 0. The van der Waals surface area contributed by atoms with Crippen LogP contribution in [0.25, 0.3) is 0 Å². The summed E-state index contributed by atoms with van der Waals surface area (Å²) in [5, 5.41) is 14.7. The Hall–Kier alpha value is -1.48. The fourth-order valence-electron chi connectivity index (χ4n) is 3.59. The molecular weight excluding hydrogens is 440 g/mol. The first kappa shape index (κ1) is 23.2. The lowest BCUT2D eigenvalue weighted by molar-refractivity contribution is -0.141. The zero-order valence-electron chi connectivity index (χ0n) is 16.7. The predicted octanol–water partition coefficient (Wildman–Crippen LogP) is 4.69. The van der Waals surface area contributed by atoms with Crippen molar-refractivity contribution in [1.29, 1.82) is 0 Å². The van der Waals surface area contributed by atoms with Gasteiger partial charge < -0.3 is 10.0 Å². The molecule has 1 saturated heterocycles. The van der Waals surface area contributed by atoms with E-state index in [2.05, 4.69) is 10.00 Å². The second-order valence-electron chi connectivity index (χ2n) is 7.37. The number of benzene rings is 1. The molecule has 0 radical (unpaired) electrons. The molecule has 0 saturated carbocycles. The van der Waals surface area contributed by atoms with E-state index in [-0.39, 0.29) is 11.6 Å². The van der Waals surface area contributed by atoms with E-state index in [1.165, 1.54) is 4.68 Å². The van der Waals surface area contributed by atoms with E-state index < -0.39 is 18.1 Å². The molecule has 1 unspecified atom stereocenters. The number of piperazine rings is 1. The number of anilines is 1. The molecule has 0 amide bonds. The Labute approximate surface area is 184 Å². The first-order chi connectivity index (χ1) is 14.2. The van der Waals surface area contributed by atoms with E-state index in [0.29, 0.717) is 49.7 Å². The molecule has 2 aromatic rings. The van der Waals surface area contributed by atoms with Crippen LogP contribution in [0.1, 0.15) is 31.2 Å². The first-order valence-corrected chi connectivity index (χ1v) is 10.7. The van der Waals surface area contributed by atoms with Gasteiger partial charge in [-0.25, -0.2) is 0 Å². The topological polar surface area (TPSA) is 44.5 Å². The lowest BCUT2D eigenvalue weighted by Crippen LogP contribution is -2.51. The van der Waals surface area contributed by atoms with Crippen LogP contribution in [0.4, 0.5) is 18.9 Å². The van der Waals surface area contributed by atoms with Crippen molar-refractivity contribution < 1.29 is 18.3 Å². The first-order valence-electron chi connectivity index (χ1n) is 9.95. The van der Waals surface area contributed by atoms with E-state index in [1.54, 1.807) is 0 Å². The van der Waals surface area contributed by atoms with E-state index in [4.69, 9.17) is 23.2 Å². The van der Waals surface area contributed by atoms with Crippen LogP contribution < -0.4 is 4.90 Å². The molecule has 1 fully saturated rings. The highest BCUT2D eigenvalue weighted by Gasteiger charge is 2.39. The van der Waals surface area contributed by atoms with Gasteiger partial charge in [-0.15, -0.1) is 0 Å². The lowest BCUT2D eigenvalue weighted by atomic mass is 10.2. The zero-order valence-corrected chi connectivity index (χ0v) is 18.2. The minimum atomic E-state index is -4.63. The molecule has 5 nitrogen and oxygen atoms in total. The molecule has 1 aliphatic rings. The number of rotatable bonds is 7. The minimum Gasteiger partial charge on any atom is -0.376 e. The number of halogens is 5. The fraction of sp³-hybridized carbons (Fsp3) is 0.550. The Balaban J connectivity index is 1.67. The second kappa shape index (κ2) is 9.77. The number of unbranched alkanes of at least 4 members (excludes halogenated alkanes) is 1. The highest BCUT2D eigenvalue weighted by molar-refractivity contribution is 6.32. The van der Waals surface area contributed by atoms with Crippen LogP contribution >= 0.6 is 23.2 Å². The maximum Gasteiger partial charge on any atom is 0.436 e. The monoisotopic (exact) mass is 464 g/mol. The number of hydrogen-bond donors (Lipinski definition) is 1. The predicted molar refractivity (Wildman–Crippen MR) is 112 cm³/mol. The molecule has 1 aromatic heterocycles. The summed E-state index contributed by atoms with van der Waals surface area (Å²) in [6, 6.07) is 7.54. The van der Waals surface area contributed by atoms with E-state index in [1.807, 2.05) is 36.1 Å². The average Bonchev–Trinajstić information content (AvgIpc) is 3.02. The number of alkyl halides is 3. The van der Waals surface area contributed by atoms with Crippen LogP contribution in [0.3, 0.4) is 0 Å². The normalized spacial score (nSPS) is 16.8. The SMILES string of the molecule is CCCCc1c(Cl)c(C(F)(F)F)nn1CC(O)N1CCN(c2ccc(Cl)cc2)CC1. The molecule has 0 aliphatic carbocycles. The van der Waals surface area contributed by atoms with Crippen LogP contribution in [0.2, 0.25) is 10.0 Å². The number of aromatic nitrogens is 2. The molecule has 2 heterocycles. The average molecular weight is 465 g/mol. The summed E-state index contributed by atoms with van der Waals surface area (Å²) in [4.78, 5) is 4.03. The van der Waals surface area contributed by atoms with Gasteiger partial charge in [-0.3, -0.25) is 9.58 Å². The quantitative estimate of drug-likeness (QED) is 0.645. The third-order valence-corrected chi connectivity index (χ3v) is 5.94. The highest BCUT2D eigenvalue weighted by Crippen LogP contribution is 2.36. The Morgan fingerprint density at radius 1 is 1.10 bits per heavy atom. The van der Waals surface area contributed by atoms with Crippen molar-refractivity contribution in [2.45, 2.75) is 45.1 Å². The third-order valence-electron chi connectivity index (χ3n) is 5.29. The molecule has 3 rings (SSSR count). The smallest absolute Gasteiger partial charge is 0.376 e. The van der Waals surface area contributed by atoms with Crippen LogP contribution in [0.15, 0.2) is 24.3 Å². The summed E-state index contributed by atoms with van der Waals surface area (Å²) >= 11 is 11.9. The number of aliphatic hydroxyl groups is 1. The lowest BCUT2D eigenvalue weighted by Gasteiger charge is -2.38. The molecule has 0 spiro atoms.